The van der Waals surface area contributed by atoms with Crippen LogP contribution in [-0.2, 0) is 9.47 Å². The largest absolute Gasteiger partial charge is 0.346 e. The Morgan fingerprint density at radius 2 is 1.79 bits per heavy atom. The monoisotopic (exact) mass is 398 g/mol. The van der Waals surface area contributed by atoms with Gasteiger partial charge in [0.15, 0.2) is 5.79 Å². The van der Waals surface area contributed by atoms with Crippen LogP contribution >= 0.6 is 0 Å². The van der Waals surface area contributed by atoms with Gasteiger partial charge in [0.2, 0.25) is 0 Å². The molecular weight excluding hydrogens is 356 g/mol. The van der Waals surface area contributed by atoms with E-state index in [1.165, 1.54) is 63.4 Å². The SMILES string of the molecule is C=C1CC[C@@]2(OC1)O[C@H]1C[C@H]3[C@@H]4CCC5CCCC[C@]5(C)[C@H]4CC[C@]3(C)[C@H]1[C@@H]2C. The van der Waals surface area contributed by atoms with E-state index in [0.29, 0.717) is 35.4 Å². The summed E-state index contributed by atoms with van der Waals surface area (Å²) in [5, 5.41) is 0. The third kappa shape index (κ3) is 2.48. The minimum absolute atomic E-state index is 0.311. The summed E-state index contributed by atoms with van der Waals surface area (Å²) < 4.78 is 13.3. The molecule has 6 fully saturated rings. The molecule has 0 bridgehead atoms. The molecule has 2 heterocycles. The van der Waals surface area contributed by atoms with Crippen LogP contribution in [0.3, 0.4) is 0 Å². The van der Waals surface area contributed by atoms with Crippen molar-refractivity contribution >= 4 is 0 Å². The molecule has 2 saturated heterocycles. The van der Waals surface area contributed by atoms with Crippen LogP contribution in [0.5, 0.6) is 0 Å². The second-order valence-electron chi connectivity index (χ2n) is 12.5. The zero-order valence-corrected chi connectivity index (χ0v) is 19.1. The summed E-state index contributed by atoms with van der Waals surface area (Å²) in [6, 6.07) is 0. The van der Waals surface area contributed by atoms with Crippen molar-refractivity contribution in [2.24, 2.45) is 46.3 Å². The maximum Gasteiger partial charge on any atom is 0.172 e. The minimum atomic E-state index is -0.311. The first-order chi connectivity index (χ1) is 13.9. The molecule has 1 spiro atoms. The maximum absolute atomic E-state index is 6.88. The summed E-state index contributed by atoms with van der Waals surface area (Å²) in [4.78, 5) is 0. The van der Waals surface area contributed by atoms with Gasteiger partial charge in [-0.3, -0.25) is 0 Å². The Hall–Kier alpha value is -0.340. The highest BCUT2D eigenvalue weighted by Crippen LogP contribution is 2.71. The first-order valence-electron chi connectivity index (χ1n) is 12.9. The molecule has 162 valence electrons. The van der Waals surface area contributed by atoms with E-state index >= 15 is 0 Å². The van der Waals surface area contributed by atoms with Gasteiger partial charge in [-0.15, -0.1) is 0 Å². The Morgan fingerprint density at radius 3 is 2.59 bits per heavy atom. The molecule has 4 saturated carbocycles. The average Bonchev–Trinajstić information content (AvgIpc) is 3.15. The van der Waals surface area contributed by atoms with E-state index in [-0.39, 0.29) is 5.79 Å². The number of hydrogen-bond donors (Lipinski definition) is 0. The van der Waals surface area contributed by atoms with Crippen molar-refractivity contribution in [2.45, 2.75) is 103 Å². The van der Waals surface area contributed by atoms with Gasteiger partial charge in [0, 0.05) is 12.3 Å². The third-order valence-corrected chi connectivity index (χ3v) is 11.6. The second-order valence-corrected chi connectivity index (χ2v) is 12.5. The summed E-state index contributed by atoms with van der Waals surface area (Å²) in [7, 11) is 0. The van der Waals surface area contributed by atoms with Gasteiger partial charge < -0.3 is 9.47 Å². The van der Waals surface area contributed by atoms with E-state index in [2.05, 4.69) is 27.4 Å². The Kier molecular flexibility index (Phi) is 4.23. The standard InChI is InChI=1S/C27H42O2/c1-17-10-14-27(28-16-17)18(2)24-23(29-27)15-22-20-9-8-19-7-5-6-12-25(19,3)21(20)11-13-26(22,24)4/h18-24H,1,5-16H2,2-4H3/t18-,19?,20+,21-,22-,23-,24-,25-,26-,27+/m0/s1. The van der Waals surface area contributed by atoms with Gasteiger partial charge in [-0.1, -0.05) is 45.8 Å². The van der Waals surface area contributed by atoms with Crippen LogP contribution in [0.1, 0.15) is 91.4 Å². The number of fused-ring (bicyclic) bond motifs is 7. The molecule has 2 aliphatic heterocycles. The lowest BCUT2D eigenvalue weighted by atomic mass is 9.44. The maximum atomic E-state index is 6.88. The zero-order valence-electron chi connectivity index (χ0n) is 19.1. The third-order valence-electron chi connectivity index (χ3n) is 11.6. The molecule has 0 aromatic carbocycles. The summed E-state index contributed by atoms with van der Waals surface area (Å²) >= 11 is 0. The molecule has 0 amide bonds. The smallest absolute Gasteiger partial charge is 0.172 e. The molecular formula is C27H42O2. The van der Waals surface area contributed by atoms with Gasteiger partial charge in [-0.25, -0.2) is 0 Å². The first kappa shape index (κ1) is 19.4. The van der Waals surface area contributed by atoms with E-state index in [1.54, 1.807) is 0 Å². The van der Waals surface area contributed by atoms with E-state index in [9.17, 15) is 0 Å². The lowest BCUT2D eigenvalue weighted by Crippen LogP contribution is -2.54. The molecule has 0 aromatic heterocycles. The molecule has 0 aromatic rings. The predicted molar refractivity (Wildman–Crippen MR) is 116 cm³/mol. The predicted octanol–water partition coefficient (Wildman–Crippen LogP) is 6.74. The lowest BCUT2D eigenvalue weighted by molar-refractivity contribution is -0.256. The fraction of sp³-hybridized carbons (Fsp3) is 0.926. The molecule has 1 unspecified atom stereocenters. The molecule has 2 heteroatoms. The number of ether oxygens (including phenoxy) is 2. The van der Waals surface area contributed by atoms with Crippen LogP contribution in [0.15, 0.2) is 12.2 Å². The van der Waals surface area contributed by atoms with Gasteiger partial charge >= 0.3 is 0 Å². The summed E-state index contributed by atoms with van der Waals surface area (Å²) in [6.45, 7) is 12.7. The van der Waals surface area contributed by atoms with E-state index in [4.69, 9.17) is 9.47 Å². The minimum Gasteiger partial charge on any atom is -0.346 e. The highest BCUT2D eigenvalue weighted by Gasteiger charge is 2.68. The second kappa shape index (κ2) is 6.35. The van der Waals surface area contributed by atoms with Crippen molar-refractivity contribution < 1.29 is 9.47 Å². The molecule has 0 radical (unpaired) electrons. The van der Waals surface area contributed by atoms with Gasteiger partial charge in [-0.2, -0.15) is 0 Å². The van der Waals surface area contributed by atoms with E-state index in [0.717, 1.165) is 36.5 Å². The van der Waals surface area contributed by atoms with Crippen LogP contribution in [0.2, 0.25) is 0 Å². The molecule has 0 N–H and O–H groups in total. The molecule has 6 aliphatic rings. The van der Waals surface area contributed by atoms with Crippen molar-refractivity contribution in [3.8, 4) is 0 Å². The molecule has 29 heavy (non-hydrogen) atoms. The van der Waals surface area contributed by atoms with Crippen LogP contribution in [0, 0.1) is 46.3 Å². The molecule has 10 atom stereocenters. The Labute approximate surface area is 178 Å². The van der Waals surface area contributed by atoms with Crippen LogP contribution in [-0.4, -0.2) is 18.5 Å². The van der Waals surface area contributed by atoms with Crippen LogP contribution < -0.4 is 0 Å². The van der Waals surface area contributed by atoms with Crippen molar-refractivity contribution in [3.63, 3.8) is 0 Å². The summed E-state index contributed by atoms with van der Waals surface area (Å²) in [6.07, 6.45) is 15.7. The van der Waals surface area contributed by atoms with Crippen LogP contribution in [0.4, 0.5) is 0 Å². The summed E-state index contributed by atoms with van der Waals surface area (Å²) in [5.41, 5.74) is 2.34. The fourth-order valence-corrected chi connectivity index (χ4v) is 10.1. The van der Waals surface area contributed by atoms with Crippen LogP contribution in [0.25, 0.3) is 0 Å². The topological polar surface area (TPSA) is 18.5 Å². The normalized spacial score (nSPS) is 59.1. The Morgan fingerprint density at radius 1 is 0.931 bits per heavy atom. The van der Waals surface area contributed by atoms with Crippen molar-refractivity contribution in [1.82, 2.24) is 0 Å². The van der Waals surface area contributed by atoms with Gasteiger partial charge in [0.1, 0.15) is 0 Å². The summed E-state index contributed by atoms with van der Waals surface area (Å²) in [5.74, 6) is 4.74. The molecule has 4 aliphatic carbocycles. The quantitative estimate of drug-likeness (QED) is 0.420. The molecule has 6 rings (SSSR count). The first-order valence-corrected chi connectivity index (χ1v) is 12.9. The molecule has 2 nitrogen and oxygen atoms in total. The van der Waals surface area contributed by atoms with E-state index < -0.39 is 0 Å². The highest BCUT2D eigenvalue weighted by atomic mass is 16.7. The van der Waals surface area contributed by atoms with Gasteiger partial charge in [-0.05, 0) is 91.8 Å². The Balaban J connectivity index is 1.28. The lowest BCUT2D eigenvalue weighted by Gasteiger charge is -2.61. The number of hydrogen-bond acceptors (Lipinski definition) is 2. The highest BCUT2D eigenvalue weighted by molar-refractivity contribution is 5.16. The van der Waals surface area contributed by atoms with Crippen molar-refractivity contribution in [1.29, 1.82) is 0 Å². The van der Waals surface area contributed by atoms with Crippen molar-refractivity contribution in [3.05, 3.63) is 12.2 Å². The Bertz CT molecular complexity index is 689. The van der Waals surface area contributed by atoms with Crippen molar-refractivity contribution in [2.75, 3.05) is 6.61 Å². The van der Waals surface area contributed by atoms with E-state index in [1.807, 2.05) is 0 Å². The fourth-order valence-electron chi connectivity index (χ4n) is 10.1. The average molecular weight is 399 g/mol. The van der Waals surface area contributed by atoms with Gasteiger partial charge in [0.25, 0.3) is 0 Å². The number of rotatable bonds is 0. The van der Waals surface area contributed by atoms with Gasteiger partial charge in [0.05, 0.1) is 12.7 Å². The zero-order chi connectivity index (χ0) is 20.0.